The van der Waals surface area contributed by atoms with Crippen LogP contribution in [0, 0.1) is 12.7 Å². The highest BCUT2D eigenvalue weighted by molar-refractivity contribution is 6.30. The first-order valence-corrected chi connectivity index (χ1v) is 14.7. The van der Waals surface area contributed by atoms with Crippen molar-refractivity contribution in [1.82, 2.24) is 19.3 Å². The van der Waals surface area contributed by atoms with Crippen LogP contribution in [0.25, 0.3) is 28.2 Å². The Morgan fingerprint density at radius 1 is 1.11 bits per heavy atom. The van der Waals surface area contributed by atoms with Crippen molar-refractivity contribution in [1.29, 1.82) is 0 Å². The number of amides is 1. The third-order valence-electron chi connectivity index (χ3n) is 7.75. The van der Waals surface area contributed by atoms with Crippen LogP contribution >= 0.6 is 11.6 Å². The van der Waals surface area contributed by atoms with E-state index in [9.17, 15) is 9.59 Å². The number of nitrogen functional groups attached to an aromatic ring is 1. The summed E-state index contributed by atoms with van der Waals surface area (Å²) in [6.07, 6.45) is 2.68. The second-order valence-electron chi connectivity index (χ2n) is 10.6. The standard InChI is InChI=1S/C33H30ClFN6O4/c1-19-28(33(43)41(40(19)2)23-6-3-5-21(34)17-23)32(42)38-22-11-9-20(10-12-22)30-31(36)37-18-26(39-30)25-7-4-8-27(29(25)35)45-24-13-15-44-16-14-24/h3-12,17-18,24H,13-16H2,1-2H3,(H2,36,37)(H,38,42). The van der Waals surface area contributed by atoms with E-state index in [2.05, 4.69) is 15.3 Å². The number of anilines is 2. The molecule has 0 saturated carbocycles. The van der Waals surface area contributed by atoms with E-state index in [0.29, 0.717) is 65.1 Å². The molecular weight excluding hydrogens is 599 g/mol. The maximum Gasteiger partial charge on any atom is 0.284 e. The molecule has 6 rings (SSSR count). The van der Waals surface area contributed by atoms with Crippen LogP contribution in [-0.2, 0) is 11.8 Å². The Morgan fingerprint density at radius 3 is 2.58 bits per heavy atom. The van der Waals surface area contributed by atoms with Crippen molar-refractivity contribution < 1.29 is 18.7 Å². The van der Waals surface area contributed by atoms with Crippen LogP contribution < -0.4 is 21.3 Å². The van der Waals surface area contributed by atoms with E-state index < -0.39 is 17.3 Å². The number of benzene rings is 3. The molecule has 1 aliphatic heterocycles. The maximum atomic E-state index is 15.5. The first kappa shape index (κ1) is 30.0. The molecule has 1 amide bonds. The van der Waals surface area contributed by atoms with Crippen molar-refractivity contribution in [2.24, 2.45) is 7.05 Å². The molecule has 1 fully saturated rings. The van der Waals surface area contributed by atoms with Gasteiger partial charge in [0.2, 0.25) is 0 Å². The zero-order chi connectivity index (χ0) is 31.7. The molecule has 0 spiro atoms. The minimum Gasteiger partial charge on any atom is -0.487 e. The predicted molar refractivity (Wildman–Crippen MR) is 170 cm³/mol. The van der Waals surface area contributed by atoms with E-state index >= 15 is 4.39 Å². The number of carbonyl (C=O) groups excluding carboxylic acids is 1. The van der Waals surface area contributed by atoms with Crippen molar-refractivity contribution in [3.8, 4) is 34.0 Å². The van der Waals surface area contributed by atoms with Crippen LogP contribution in [0.4, 0.5) is 15.9 Å². The lowest BCUT2D eigenvalue weighted by Crippen LogP contribution is -2.26. The van der Waals surface area contributed by atoms with Gasteiger partial charge in [-0.15, -0.1) is 0 Å². The Labute approximate surface area is 263 Å². The molecule has 10 nitrogen and oxygen atoms in total. The first-order chi connectivity index (χ1) is 21.7. The number of nitrogens with two attached hydrogens (primary N) is 1. The van der Waals surface area contributed by atoms with Crippen LogP contribution in [0.1, 0.15) is 28.9 Å². The summed E-state index contributed by atoms with van der Waals surface area (Å²) in [7, 11) is 1.70. The van der Waals surface area contributed by atoms with Crippen LogP contribution in [0.3, 0.4) is 0 Å². The summed E-state index contributed by atoms with van der Waals surface area (Å²) in [5.74, 6) is -0.779. The van der Waals surface area contributed by atoms with Gasteiger partial charge in [0, 0.05) is 41.7 Å². The fourth-order valence-corrected chi connectivity index (χ4v) is 5.47. The third-order valence-corrected chi connectivity index (χ3v) is 7.99. The van der Waals surface area contributed by atoms with Gasteiger partial charge in [-0.3, -0.25) is 14.3 Å². The fourth-order valence-electron chi connectivity index (χ4n) is 5.29. The van der Waals surface area contributed by atoms with Gasteiger partial charge in [-0.05, 0) is 49.4 Å². The van der Waals surface area contributed by atoms with Gasteiger partial charge in [0.05, 0.1) is 36.5 Å². The highest BCUT2D eigenvalue weighted by Gasteiger charge is 2.23. The molecule has 0 bridgehead atoms. The van der Waals surface area contributed by atoms with Gasteiger partial charge in [0.15, 0.2) is 11.6 Å². The molecule has 12 heteroatoms. The smallest absolute Gasteiger partial charge is 0.284 e. The summed E-state index contributed by atoms with van der Waals surface area (Å²) in [6, 6.07) is 18.5. The molecule has 0 aliphatic carbocycles. The minimum absolute atomic E-state index is 0.00872. The van der Waals surface area contributed by atoms with Crippen LogP contribution in [0.2, 0.25) is 5.02 Å². The number of nitrogens with zero attached hydrogens (tertiary/aromatic N) is 4. The Balaban J connectivity index is 1.23. The van der Waals surface area contributed by atoms with E-state index in [4.69, 9.17) is 26.8 Å². The summed E-state index contributed by atoms with van der Waals surface area (Å²) in [6.45, 7) is 2.86. The zero-order valence-corrected chi connectivity index (χ0v) is 25.3. The van der Waals surface area contributed by atoms with Crippen molar-refractivity contribution in [2.45, 2.75) is 25.9 Å². The molecule has 1 aliphatic rings. The highest BCUT2D eigenvalue weighted by atomic mass is 35.5. The van der Waals surface area contributed by atoms with E-state index in [1.807, 2.05) is 0 Å². The molecule has 1 saturated heterocycles. The van der Waals surface area contributed by atoms with Crippen LogP contribution in [0.15, 0.2) is 77.7 Å². The van der Waals surface area contributed by atoms with Gasteiger partial charge in [-0.1, -0.05) is 35.9 Å². The first-order valence-electron chi connectivity index (χ1n) is 14.3. The Hall–Kier alpha value is -5.00. The SMILES string of the molecule is Cc1c(C(=O)Nc2ccc(-c3nc(-c4cccc(OC5CCOCC5)c4F)cnc3N)cc2)c(=O)n(-c2cccc(Cl)c2)n1C. The molecular formula is C33H30ClFN6O4. The molecule has 2 aromatic heterocycles. The van der Waals surface area contributed by atoms with Crippen molar-refractivity contribution in [2.75, 3.05) is 24.3 Å². The van der Waals surface area contributed by atoms with Crippen molar-refractivity contribution in [3.63, 3.8) is 0 Å². The van der Waals surface area contributed by atoms with E-state index in [-0.39, 0.29) is 28.8 Å². The molecule has 5 aromatic rings. The van der Waals surface area contributed by atoms with Gasteiger partial charge in [-0.25, -0.2) is 19.0 Å². The molecule has 3 aromatic carbocycles. The number of halogens is 2. The molecule has 45 heavy (non-hydrogen) atoms. The summed E-state index contributed by atoms with van der Waals surface area (Å²) in [5.41, 5.74) is 8.68. The van der Waals surface area contributed by atoms with Crippen molar-refractivity contribution in [3.05, 3.63) is 105 Å². The van der Waals surface area contributed by atoms with Gasteiger partial charge < -0.3 is 20.5 Å². The number of nitrogens with one attached hydrogen (secondary N) is 1. The normalized spacial score (nSPS) is 13.5. The van der Waals surface area contributed by atoms with Crippen LogP contribution in [0.5, 0.6) is 5.75 Å². The number of carbonyl (C=O) groups is 1. The molecule has 0 unspecified atom stereocenters. The third kappa shape index (κ3) is 6.04. The monoisotopic (exact) mass is 628 g/mol. The quantitative estimate of drug-likeness (QED) is 0.233. The largest absolute Gasteiger partial charge is 0.487 e. The predicted octanol–water partition coefficient (Wildman–Crippen LogP) is 5.79. The van der Waals surface area contributed by atoms with Gasteiger partial charge >= 0.3 is 0 Å². The number of hydrogen-bond donors (Lipinski definition) is 2. The molecule has 3 heterocycles. The van der Waals surface area contributed by atoms with Crippen LogP contribution in [-0.4, -0.2) is 44.6 Å². The molecule has 3 N–H and O–H groups in total. The highest BCUT2D eigenvalue weighted by Crippen LogP contribution is 2.32. The molecule has 230 valence electrons. The van der Waals surface area contributed by atoms with Gasteiger partial charge in [0.1, 0.15) is 23.2 Å². The zero-order valence-electron chi connectivity index (χ0n) is 24.6. The Morgan fingerprint density at radius 2 is 1.84 bits per heavy atom. The number of hydrogen-bond acceptors (Lipinski definition) is 7. The van der Waals surface area contributed by atoms with Gasteiger partial charge in [0.25, 0.3) is 11.5 Å². The maximum absolute atomic E-state index is 15.5. The fraction of sp³-hybridized carbons (Fsp3) is 0.212. The average molecular weight is 629 g/mol. The number of aromatic nitrogens is 4. The van der Waals surface area contributed by atoms with E-state index in [1.165, 1.54) is 10.9 Å². The van der Waals surface area contributed by atoms with E-state index in [0.717, 1.165) is 0 Å². The Bertz CT molecular complexity index is 1950. The summed E-state index contributed by atoms with van der Waals surface area (Å²) in [4.78, 5) is 35.4. The topological polar surface area (TPSA) is 126 Å². The van der Waals surface area contributed by atoms with E-state index in [1.54, 1.807) is 85.4 Å². The Kier molecular flexibility index (Phi) is 8.38. The van der Waals surface area contributed by atoms with Gasteiger partial charge in [-0.2, -0.15) is 0 Å². The lowest BCUT2D eigenvalue weighted by molar-refractivity contribution is 0.0241. The minimum atomic E-state index is -0.554. The second kappa shape index (κ2) is 12.5. The molecule has 0 atom stereocenters. The lowest BCUT2D eigenvalue weighted by atomic mass is 10.1. The summed E-state index contributed by atoms with van der Waals surface area (Å²) < 4.78 is 29.8. The number of rotatable bonds is 7. The molecule has 0 radical (unpaired) electrons. The summed E-state index contributed by atoms with van der Waals surface area (Å²) in [5, 5.41) is 3.26. The average Bonchev–Trinajstić information content (AvgIpc) is 3.26. The number of ether oxygens (including phenoxy) is 2. The summed E-state index contributed by atoms with van der Waals surface area (Å²) >= 11 is 6.12. The van der Waals surface area contributed by atoms with Crippen molar-refractivity contribution >= 4 is 29.0 Å². The lowest BCUT2D eigenvalue weighted by Gasteiger charge is -2.23. The second-order valence-corrected chi connectivity index (χ2v) is 11.1.